The van der Waals surface area contributed by atoms with E-state index in [1.54, 1.807) is 18.5 Å². The molecule has 5 nitrogen and oxygen atoms in total. The largest absolute Gasteiger partial charge is 0.458 e. The van der Waals surface area contributed by atoms with Crippen molar-refractivity contribution >= 4 is 5.91 Å². The van der Waals surface area contributed by atoms with Crippen LogP contribution in [0.4, 0.5) is 0 Å². The number of amides is 1. The highest BCUT2D eigenvalue weighted by molar-refractivity contribution is 5.87. The van der Waals surface area contributed by atoms with Crippen LogP contribution in [0.15, 0.2) is 79.1 Å². The summed E-state index contributed by atoms with van der Waals surface area (Å²) in [5.41, 5.74) is 2.02. The van der Waals surface area contributed by atoms with Crippen LogP contribution in [0.5, 0.6) is 6.01 Å². The predicted molar refractivity (Wildman–Crippen MR) is 107 cm³/mol. The molecule has 1 atom stereocenters. The third-order valence-corrected chi connectivity index (χ3v) is 5.02. The maximum Gasteiger partial charge on any atom is 0.316 e. The molecule has 5 heteroatoms. The summed E-state index contributed by atoms with van der Waals surface area (Å²) in [5.74, 6) is -0.200. The van der Waals surface area contributed by atoms with Gasteiger partial charge in [0.1, 0.15) is 6.10 Å². The highest BCUT2D eigenvalue weighted by atomic mass is 16.5. The van der Waals surface area contributed by atoms with E-state index in [1.165, 1.54) is 0 Å². The molecule has 1 aromatic heterocycles. The van der Waals surface area contributed by atoms with Crippen molar-refractivity contribution in [2.75, 3.05) is 13.1 Å². The summed E-state index contributed by atoms with van der Waals surface area (Å²) in [6.45, 7) is 1.29. The van der Waals surface area contributed by atoms with Gasteiger partial charge in [-0.05, 0) is 30.0 Å². The highest BCUT2D eigenvalue weighted by Gasteiger charge is 2.31. The van der Waals surface area contributed by atoms with Crippen LogP contribution in [0.25, 0.3) is 0 Å². The summed E-state index contributed by atoms with van der Waals surface area (Å²) in [6.07, 6.45) is 5.03. The lowest BCUT2D eigenvalue weighted by molar-refractivity contribution is -0.134. The van der Waals surface area contributed by atoms with Crippen LogP contribution in [0.1, 0.15) is 29.9 Å². The summed E-state index contributed by atoms with van der Waals surface area (Å²) >= 11 is 0. The maximum atomic E-state index is 13.5. The first-order valence-corrected chi connectivity index (χ1v) is 9.63. The van der Waals surface area contributed by atoms with Gasteiger partial charge in [0, 0.05) is 18.9 Å². The molecule has 2 heterocycles. The molecule has 0 radical (unpaired) electrons. The Kier molecular flexibility index (Phi) is 5.61. The second-order valence-corrected chi connectivity index (χ2v) is 6.95. The number of aromatic nitrogens is 2. The molecule has 0 spiro atoms. The van der Waals surface area contributed by atoms with E-state index in [1.807, 2.05) is 65.6 Å². The molecule has 142 valence electrons. The van der Waals surface area contributed by atoms with Gasteiger partial charge in [-0.15, -0.1) is 0 Å². The van der Waals surface area contributed by atoms with E-state index in [-0.39, 0.29) is 17.9 Å². The van der Waals surface area contributed by atoms with Gasteiger partial charge in [-0.25, -0.2) is 9.97 Å². The molecule has 0 N–H and O–H groups in total. The van der Waals surface area contributed by atoms with Crippen molar-refractivity contribution in [3.05, 3.63) is 90.3 Å². The first-order chi connectivity index (χ1) is 13.8. The molecule has 28 heavy (non-hydrogen) atoms. The van der Waals surface area contributed by atoms with Crippen LogP contribution in [0.2, 0.25) is 0 Å². The Labute approximate surface area is 165 Å². The monoisotopic (exact) mass is 373 g/mol. The molecule has 3 aromatic rings. The molecule has 1 saturated heterocycles. The summed E-state index contributed by atoms with van der Waals surface area (Å²) in [4.78, 5) is 23.7. The van der Waals surface area contributed by atoms with Crippen LogP contribution < -0.4 is 4.74 Å². The van der Waals surface area contributed by atoms with E-state index in [9.17, 15) is 4.79 Å². The number of carbonyl (C=O) groups excluding carboxylic acids is 1. The normalized spacial score (nSPS) is 16.8. The Morgan fingerprint density at radius 2 is 1.54 bits per heavy atom. The van der Waals surface area contributed by atoms with Crippen LogP contribution in [-0.2, 0) is 4.79 Å². The van der Waals surface area contributed by atoms with Gasteiger partial charge in [0.2, 0.25) is 5.91 Å². The fraction of sp³-hybridized carbons (Fsp3) is 0.261. The van der Waals surface area contributed by atoms with Crippen molar-refractivity contribution < 1.29 is 9.53 Å². The van der Waals surface area contributed by atoms with E-state index < -0.39 is 0 Å². The zero-order valence-corrected chi connectivity index (χ0v) is 15.6. The number of hydrogen-bond donors (Lipinski definition) is 0. The molecule has 0 bridgehead atoms. The van der Waals surface area contributed by atoms with Gasteiger partial charge in [0.25, 0.3) is 0 Å². The molecule has 1 aliphatic rings. The smallest absolute Gasteiger partial charge is 0.316 e. The molecule has 1 amide bonds. The summed E-state index contributed by atoms with van der Waals surface area (Å²) in [5, 5.41) is 0. The second kappa shape index (κ2) is 8.65. The van der Waals surface area contributed by atoms with Gasteiger partial charge < -0.3 is 9.64 Å². The Morgan fingerprint density at radius 3 is 2.14 bits per heavy atom. The number of piperidine rings is 1. The minimum atomic E-state index is -0.311. The quantitative estimate of drug-likeness (QED) is 0.685. The van der Waals surface area contributed by atoms with Gasteiger partial charge in [-0.1, -0.05) is 60.7 Å². The van der Waals surface area contributed by atoms with Crippen LogP contribution >= 0.6 is 0 Å². The Morgan fingerprint density at radius 1 is 0.929 bits per heavy atom. The number of ether oxygens (including phenoxy) is 1. The van der Waals surface area contributed by atoms with E-state index >= 15 is 0 Å². The van der Waals surface area contributed by atoms with E-state index in [0.29, 0.717) is 12.6 Å². The van der Waals surface area contributed by atoms with Crippen molar-refractivity contribution in [2.45, 2.75) is 24.9 Å². The standard InChI is InChI=1S/C23H23N3O2/c27-22(21(18-9-3-1-4-10-18)19-11-5-2-6-12-19)26-16-7-13-20(17-26)28-23-24-14-8-15-25-23/h1-6,8-12,14-15,20-21H,7,13,16-17H2. The molecule has 0 saturated carbocycles. The lowest BCUT2D eigenvalue weighted by atomic mass is 9.89. The van der Waals surface area contributed by atoms with Crippen LogP contribution in [-0.4, -0.2) is 40.0 Å². The summed E-state index contributed by atoms with van der Waals surface area (Å²) < 4.78 is 5.91. The molecule has 1 aliphatic heterocycles. The lowest BCUT2D eigenvalue weighted by Crippen LogP contribution is -2.46. The number of nitrogens with zero attached hydrogens (tertiary/aromatic N) is 3. The third-order valence-electron chi connectivity index (χ3n) is 5.02. The van der Waals surface area contributed by atoms with E-state index in [4.69, 9.17) is 4.74 Å². The lowest BCUT2D eigenvalue weighted by Gasteiger charge is -2.34. The molecule has 1 unspecified atom stereocenters. The first-order valence-electron chi connectivity index (χ1n) is 9.63. The molecule has 2 aromatic carbocycles. The minimum absolute atomic E-state index is 0.0905. The Hall–Kier alpha value is -3.21. The fourth-order valence-electron chi connectivity index (χ4n) is 3.68. The fourth-order valence-corrected chi connectivity index (χ4v) is 3.68. The number of likely N-dealkylation sites (tertiary alicyclic amines) is 1. The van der Waals surface area contributed by atoms with E-state index in [2.05, 4.69) is 9.97 Å². The Bertz CT molecular complexity index is 848. The average molecular weight is 373 g/mol. The molecular formula is C23H23N3O2. The zero-order valence-electron chi connectivity index (χ0n) is 15.6. The topological polar surface area (TPSA) is 55.3 Å². The SMILES string of the molecule is O=C(C(c1ccccc1)c1ccccc1)N1CCCC(Oc2ncccn2)C1. The maximum absolute atomic E-state index is 13.5. The molecular weight excluding hydrogens is 350 g/mol. The molecule has 4 rings (SSSR count). The minimum Gasteiger partial charge on any atom is -0.458 e. The molecule has 1 fully saturated rings. The van der Waals surface area contributed by atoms with Crippen molar-refractivity contribution in [3.8, 4) is 6.01 Å². The van der Waals surface area contributed by atoms with Crippen molar-refractivity contribution in [3.63, 3.8) is 0 Å². The Balaban J connectivity index is 1.55. The van der Waals surface area contributed by atoms with Crippen LogP contribution in [0.3, 0.4) is 0 Å². The summed E-state index contributed by atoms with van der Waals surface area (Å²) in [7, 11) is 0. The van der Waals surface area contributed by atoms with Gasteiger partial charge in [0.05, 0.1) is 12.5 Å². The average Bonchev–Trinajstić information content (AvgIpc) is 2.76. The van der Waals surface area contributed by atoms with Crippen molar-refractivity contribution in [1.82, 2.24) is 14.9 Å². The van der Waals surface area contributed by atoms with Gasteiger partial charge in [-0.3, -0.25) is 4.79 Å². The number of benzene rings is 2. The number of rotatable bonds is 5. The number of carbonyl (C=O) groups is 1. The summed E-state index contributed by atoms with van der Waals surface area (Å²) in [6, 6.07) is 22.1. The first kappa shape index (κ1) is 18.2. The van der Waals surface area contributed by atoms with Crippen LogP contribution in [0, 0.1) is 0 Å². The van der Waals surface area contributed by atoms with Gasteiger partial charge >= 0.3 is 6.01 Å². The third kappa shape index (κ3) is 4.19. The zero-order chi connectivity index (χ0) is 19.2. The van der Waals surface area contributed by atoms with Crippen molar-refractivity contribution in [1.29, 1.82) is 0 Å². The highest BCUT2D eigenvalue weighted by Crippen LogP contribution is 2.28. The molecule has 0 aliphatic carbocycles. The van der Waals surface area contributed by atoms with Gasteiger partial charge in [-0.2, -0.15) is 0 Å². The van der Waals surface area contributed by atoms with Crippen molar-refractivity contribution in [2.24, 2.45) is 0 Å². The van der Waals surface area contributed by atoms with Gasteiger partial charge in [0.15, 0.2) is 0 Å². The van der Waals surface area contributed by atoms with E-state index in [0.717, 1.165) is 30.5 Å². The second-order valence-electron chi connectivity index (χ2n) is 6.95. The predicted octanol–water partition coefficient (Wildman–Crippen LogP) is 3.68. The number of hydrogen-bond acceptors (Lipinski definition) is 4.